The minimum absolute atomic E-state index is 0.169. The van der Waals surface area contributed by atoms with E-state index in [1.807, 2.05) is 18.2 Å². The second kappa shape index (κ2) is 8.25. The molecule has 3 atom stereocenters. The summed E-state index contributed by atoms with van der Waals surface area (Å²) in [5.74, 6) is 0.712. The number of fused-ring (bicyclic) bond motifs is 2. The third kappa shape index (κ3) is 4.50. The standard InChI is InChI=1S/C21H29N3O2S/c1-14(2)18-12-24-11-15(10-16(24)13-26-18)22-20(25)8-5-9-21-23-17-6-3-4-7-19(17)27-21/h3-4,6-7,14-16,18H,5,8-13H2,1-2H3,(H,22,25)/t15-,16+,18+/m1/s1. The fourth-order valence-electron chi connectivity index (χ4n) is 4.13. The van der Waals surface area contributed by atoms with Crippen LogP contribution in [0.1, 0.15) is 38.1 Å². The van der Waals surface area contributed by atoms with Gasteiger partial charge in [-0.1, -0.05) is 26.0 Å². The number of aryl methyl sites for hydroxylation is 1. The first-order valence-corrected chi connectivity index (χ1v) is 10.9. The van der Waals surface area contributed by atoms with Gasteiger partial charge in [0.25, 0.3) is 0 Å². The van der Waals surface area contributed by atoms with Crippen molar-refractivity contribution in [3.63, 3.8) is 0 Å². The number of carbonyl (C=O) groups is 1. The van der Waals surface area contributed by atoms with E-state index in [1.54, 1.807) is 11.3 Å². The summed E-state index contributed by atoms with van der Waals surface area (Å²) in [7, 11) is 0. The first kappa shape index (κ1) is 18.8. The fourth-order valence-corrected chi connectivity index (χ4v) is 5.14. The largest absolute Gasteiger partial charge is 0.375 e. The number of para-hydroxylation sites is 1. The molecule has 1 amide bonds. The Balaban J connectivity index is 1.21. The zero-order chi connectivity index (χ0) is 18.8. The van der Waals surface area contributed by atoms with Gasteiger partial charge in [-0.05, 0) is 37.3 Å². The van der Waals surface area contributed by atoms with Crippen LogP contribution in [-0.4, -0.2) is 53.7 Å². The third-order valence-corrected chi connectivity index (χ3v) is 6.78. The molecule has 146 valence electrons. The summed E-state index contributed by atoms with van der Waals surface area (Å²) in [4.78, 5) is 19.5. The minimum Gasteiger partial charge on any atom is -0.375 e. The average molecular weight is 388 g/mol. The lowest BCUT2D eigenvalue weighted by molar-refractivity contribution is -0.121. The van der Waals surface area contributed by atoms with Crippen LogP contribution in [0, 0.1) is 5.92 Å². The molecule has 2 saturated heterocycles. The first-order valence-electron chi connectivity index (χ1n) is 10.1. The molecule has 2 fully saturated rings. The van der Waals surface area contributed by atoms with Gasteiger partial charge in [-0.2, -0.15) is 0 Å². The average Bonchev–Trinajstić information content (AvgIpc) is 3.23. The van der Waals surface area contributed by atoms with E-state index >= 15 is 0 Å². The van der Waals surface area contributed by atoms with Gasteiger partial charge in [0.15, 0.2) is 0 Å². The van der Waals surface area contributed by atoms with E-state index in [-0.39, 0.29) is 11.9 Å². The summed E-state index contributed by atoms with van der Waals surface area (Å²) >= 11 is 1.73. The number of hydrogen-bond donors (Lipinski definition) is 1. The van der Waals surface area contributed by atoms with E-state index in [1.165, 1.54) is 4.70 Å². The molecule has 6 heteroatoms. The van der Waals surface area contributed by atoms with Gasteiger partial charge in [-0.15, -0.1) is 11.3 Å². The van der Waals surface area contributed by atoms with Crippen LogP contribution in [0.3, 0.4) is 0 Å². The van der Waals surface area contributed by atoms with Crippen LogP contribution >= 0.6 is 11.3 Å². The Labute approximate surface area is 165 Å². The molecule has 0 spiro atoms. The number of morpholine rings is 1. The van der Waals surface area contributed by atoms with Gasteiger partial charge in [0.1, 0.15) is 0 Å². The molecule has 1 aromatic heterocycles. The van der Waals surface area contributed by atoms with Crippen LogP contribution in [-0.2, 0) is 16.0 Å². The molecule has 1 N–H and O–H groups in total. The van der Waals surface area contributed by atoms with Crippen molar-refractivity contribution in [1.82, 2.24) is 15.2 Å². The van der Waals surface area contributed by atoms with Gasteiger partial charge in [-0.3, -0.25) is 9.69 Å². The van der Waals surface area contributed by atoms with Crippen LogP contribution in [0.25, 0.3) is 10.2 Å². The highest BCUT2D eigenvalue weighted by Gasteiger charge is 2.38. The van der Waals surface area contributed by atoms with Crippen molar-refractivity contribution in [2.24, 2.45) is 5.92 Å². The van der Waals surface area contributed by atoms with Crippen LogP contribution in [0.5, 0.6) is 0 Å². The van der Waals surface area contributed by atoms with Gasteiger partial charge >= 0.3 is 0 Å². The maximum absolute atomic E-state index is 12.4. The topological polar surface area (TPSA) is 54.5 Å². The summed E-state index contributed by atoms with van der Waals surface area (Å²) < 4.78 is 7.21. The van der Waals surface area contributed by atoms with Gasteiger partial charge in [0.05, 0.1) is 27.9 Å². The molecule has 2 aromatic rings. The molecule has 0 aliphatic carbocycles. The van der Waals surface area contributed by atoms with E-state index in [4.69, 9.17) is 4.74 Å². The van der Waals surface area contributed by atoms with Crippen molar-refractivity contribution in [3.05, 3.63) is 29.3 Å². The molecule has 3 heterocycles. The Bertz CT molecular complexity index is 758. The van der Waals surface area contributed by atoms with Crippen molar-refractivity contribution < 1.29 is 9.53 Å². The second-order valence-corrected chi connectivity index (χ2v) is 9.27. The third-order valence-electron chi connectivity index (χ3n) is 5.69. The Hall–Kier alpha value is -1.50. The maximum Gasteiger partial charge on any atom is 0.220 e. The highest BCUT2D eigenvalue weighted by molar-refractivity contribution is 7.18. The number of thiazole rings is 1. The number of nitrogens with one attached hydrogen (secondary N) is 1. The lowest BCUT2D eigenvalue weighted by Crippen LogP contribution is -2.48. The Kier molecular flexibility index (Phi) is 5.76. The number of aromatic nitrogens is 1. The van der Waals surface area contributed by atoms with E-state index in [9.17, 15) is 4.79 Å². The molecule has 1 aromatic carbocycles. The van der Waals surface area contributed by atoms with Crippen molar-refractivity contribution >= 4 is 27.5 Å². The van der Waals surface area contributed by atoms with Crippen molar-refractivity contribution in [2.75, 3.05) is 19.7 Å². The zero-order valence-corrected chi connectivity index (χ0v) is 17.0. The molecule has 2 aliphatic heterocycles. The first-order chi connectivity index (χ1) is 13.1. The second-order valence-electron chi connectivity index (χ2n) is 8.15. The predicted molar refractivity (Wildman–Crippen MR) is 109 cm³/mol. The molecule has 27 heavy (non-hydrogen) atoms. The molecule has 0 bridgehead atoms. The van der Waals surface area contributed by atoms with Gasteiger partial charge in [-0.25, -0.2) is 4.98 Å². The van der Waals surface area contributed by atoms with Crippen LogP contribution in [0.15, 0.2) is 24.3 Å². The molecule has 0 saturated carbocycles. The number of benzene rings is 1. The lowest BCUT2D eigenvalue weighted by Gasteiger charge is -2.36. The summed E-state index contributed by atoms with van der Waals surface area (Å²) in [6.07, 6.45) is 3.63. The Morgan fingerprint density at radius 1 is 1.37 bits per heavy atom. The maximum atomic E-state index is 12.4. The number of rotatable bonds is 6. The minimum atomic E-state index is 0.169. The van der Waals surface area contributed by atoms with Crippen LogP contribution < -0.4 is 5.32 Å². The monoisotopic (exact) mass is 387 g/mol. The molecular formula is C21H29N3O2S. The summed E-state index contributed by atoms with van der Waals surface area (Å²) in [5, 5.41) is 4.36. The number of ether oxygens (including phenoxy) is 1. The van der Waals surface area contributed by atoms with Crippen molar-refractivity contribution in [2.45, 2.75) is 57.7 Å². The number of amides is 1. The van der Waals surface area contributed by atoms with Gasteiger partial charge < -0.3 is 10.1 Å². The Morgan fingerprint density at radius 3 is 3.04 bits per heavy atom. The van der Waals surface area contributed by atoms with Crippen molar-refractivity contribution in [1.29, 1.82) is 0 Å². The number of carbonyl (C=O) groups excluding carboxylic acids is 1. The van der Waals surface area contributed by atoms with E-state index in [0.29, 0.717) is 24.5 Å². The highest BCUT2D eigenvalue weighted by Crippen LogP contribution is 2.26. The highest BCUT2D eigenvalue weighted by atomic mass is 32.1. The summed E-state index contributed by atoms with van der Waals surface area (Å²) in [5.41, 5.74) is 1.06. The number of hydrogen-bond acceptors (Lipinski definition) is 5. The molecule has 0 unspecified atom stereocenters. The molecule has 4 rings (SSSR count). The van der Waals surface area contributed by atoms with Gasteiger partial charge in [0, 0.05) is 31.6 Å². The van der Waals surface area contributed by atoms with Crippen LogP contribution in [0.4, 0.5) is 0 Å². The van der Waals surface area contributed by atoms with E-state index in [0.717, 1.165) is 49.5 Å². The fraction of sp³-hybridized carbons (Fsp3) is 0.619. The van der Waals surface area contributed by atoms with E-state index < -0.39 is 0 Å². The summed E-state index contributed by atoms with van der Waals surface area (Å²) in [6, 6.07) is 8.94. The van der Waals surface area contributed by atoms with E-state index in [2.05, 4.69) is 35.1 Å². The summed E-state index contributed by atoms with van der Waals surface area (Å²) in [6.45, 7) is 7.18. The quantitative estimate of drug-likeness (QED) is 0.827. The zero-order valence-electron chi connectivity index (χ0n) is 16.2. The Morgan fingerprint density at radius 2 is 2.22 bits per heavy atom. The molecule has 2 aliphatic rings. The smallest absolute Gasteiger partial charge is 0.220 e. The van der Waals surface area contributed by atoms with Gasteiger partial charge in [0.2, 0.25) is 5.91 Å². The molecule has 5 nitrogen and oxygen atoms in total. The normalized spacial score (nSPS) is 25.8. The molecule has 0 radical (unpaired) electrons. The lowest BCUT2D eigenvalue weighted by atomic mass is 10.0. The molecular weight excluding hydrogens is 358 g/mol. The number of nitrogens with zero attached hydrogens (tertiary/aromatic N) is 2. The predicted octanol–water partition coefficient (Wildman–Crippen LogP) is 3.23. The van der Waals surface area contributed by atoms with Crippen LogP contribution in [0.2, 0.25) is 0 Å². The van der Waals surface area contributed by atoms with Crippen molar-refractivity contribution in [3.8, 4) is 0 Å². The SMILES string of the molecule is CC(C)[C@@H]1CN2C[C@H](NC(=O)CCCc3nc4ccccc4s3)C[C@H]2CO1.